The number of fused-ring (bicyclic) bond motifs is 1. The van der Waals surface area contributed by atoms with Crippen LogP contribution in [0.15, 0.2) is 18.2 Å². The zero-order valence-electron chi connectivity index (χ0n) is 32.6. The van der Waals surface area contributed by atoms with Crippen LogP contribution in [0, 0.1) is 0 Å². The maximum atomic E-state index is 13.2. The third-order valence-electron chi connectivity index (χ3n) is 8.34. The van der Waals surface area contributed by atoms with Gasteiger partial charge in [0.1, 0.15) is 6.04 Å². The lowest BCUT2D eigenvalue weighted by atomic mass is 10.0. The highest BCUT2D eigenvalue weighted by Gasteiger charge is 2.45. The van der Waals surface area contributed by atoms with E-state index in [0.29, 0.717) is 132 Å². The van der Waals surface area contributed by atoms with Crippen molar-refractivity contribution >= 4 is 35.2 Å². The molecule has 1 fully saturated rings. The third kappa shape index (κ3) is 18.7. The molecule has 1 unspecified atom stereocenters. The molecule has 18 nitrogen and oxygen atoms in total. The van der Waals surface area contributed by atoms with Crippen molar-refractivity contribution in [2.75, 3.05) is 138 Å². The van der Waals surface area contributed by atoms with Crippen LogP contribution in [-0.2, 0) is 61.8 Å². The van der Waals surface area contributed by atoms with Crippen LogP contribution >= 0.6 is 0 Å². The van der Waals surface area contributed by atoms with Gasteiger partial charge >= 0.3 is 0 Å². The summed E-state index contributed by atoms with van der Waals surface area (Å²) in [4.78, 5) is 63.5. The normalized spacial score (nSPS) is 15.4. The summed E-state index contributed by atoms with van der Waals surface area (Å²) in [5, 5.41) is 4.90. The van der Waals surface area contributed by atoms with E-state index in [1.165, 1.54) is 6.07 Å². The largest absolute Gasteiger partial charge is 0.382 e. The second kappa shape index (κ2) is 29.8. The Kier molecular flexibility index (Phi) is 24.9. The Bertz CT molecular complexity index is 1320. The number of imide groups is 2. The molecule has 0 aliphatic carbocycles. The number of carbonyl (C=O) groups excluding carboxylic acids is 5. The zero-order valence-corrected chi connectivity index (χ0v) is 32.6. The number of hydrogen-bond acceptors (Lipinski definition) is 15. The van der Waals surface area contributed by atoms with Gasteiger partial charge in [-0.25, -0.2) is 0 Å². The van der Waals surface area contributed by atoms with E-state index in [0.717, 1.165) is 17.7 Å². The van der Waals surface area contributed by atoms with Crippen LogP contribution in [0.1, 0.15) is 59.2 Å². The first-order chi connectivity index (χ1) is 27.4. The lowest BCUT2D eigenvalue weighted by Gasteiger charge is -2.27. The number of methoxy groups -OCH3 is 1. The van der Waals surface area contributed by atoms with Crippen molar-refractivity contribution in [1.29, 1.82) is 0 Å². The Morgan fingerprint density at radius 1 is 0.625 bits per heavy atom. The topological polar surface area (TPSA) is 205 Å². The number of amides is 5. The first-order valence-corrected chi connectivity index (χ1v) is 19.3. The van der Waals surface area contributed by atoms with Gasteiger partial charge in [0.05, 0.1) is 136 Å². The second-order valence-electron chi connectivity index (χ2n) is 12.5. The first-order valence-electron chi connectivity index (χ1n) is 19.3. The summed E-state index contributed by atoms with van der Waals surface area (Å²) in [6.07, 6.45) is 2.46. The predicted octanol–water partition coefficient (Wildman–Crippen LogP) is 1.38. The smallest absolute Gasteiger partial charge is 0.264 e. The van der Waals surface area contributed by atoms with E-state index in [-0.39, 0.29) is 42.0 Å². The van der Waals surface area contributed by atoms with E-state index in [1.54, 1.807) is 19.2 Å². The quantitative estimate of drug-likeness (QED) is 0.0736. The van der Waals surface area contributed by atoms with Crippen molar-refractivity contribution in [2.45, 2.75) is 44.6 Å². The molecule has 1 aromatic carbocycles. The highest BCUT2D eigenvalue weighted by molar-refractivity contribution is 6.26. The number of carbonyl (C=O) groups is 5. The second-order valence-corrected chi connectivity index (χ2v) is 12.5. The fraction of sp³-hybridized carbons (Fsp3) is 0.711. The minimum atomic E-state index is -1.07. The van der Waals surface area contributed by atoms with Crippen LogP contribution in [0.2, 0.25) is 0 Å². The number of rotatable bonds is 35. The number of nitrogens with one attached hydrogen (secondary N) is 2. The van der Waals surface area contributed by atoms with Crippen LogP contribution in [0.4, 0.5) is 5.69 Å². The number of nitrogens with zero attached hydrogens (tertiary/aromatic N) is 1. The van der Waals surface area contributed by atoms with E-state index >= 15 is 0 Å². The van der Waals surface area contributed by atoms with Crippen molar-refractivity contribution in [3.63, 3.8) is 0 Å². The molecule has 0 radical (unpaired) electrons. The van der Waals surface area contributed by atoms with Crippen LogP contribution in [0.3, 0.4) is 0 Å². The number of benzene rings is 1. The number of hydrogen-bond donors (Lipinski definition) is 2. The summed E-state index contributed by atoms with van der Waals surface area (Å²) >= 11 is 0. The molecule has 18 heteroatoms. The fourth-order valence-corrected chi connectivity index (χ4v) is 5.50. The van der Waals surface area contributed by atoms with Crippen molar-refractivity contribution in [3.8, 4) is 0 Å². The van der Waals surface area contributed by atoms with Crippen LogP contribution in [-0.4, -0.2) is 173 Å². The minimum absolute atomic E-state index is 0.0288. The minimum Gasteiger partial charge on any atom is -0.382 e. The average molecular weight is 798 g/mol. The van der Waals surface area contributed by atoms with Gasteiger partial charge in [0.15, 0.2) is 0 Å². The van der Waals surface area contributed by atoms with E-state index in [9.17, 15) is 24.0 Å². The fourth-order valence-electron chi connectivity index (χ4n) is 5.50. The van der Waals surface area contributed by atoms with Crippen molar-refractivity contribution < 1.29 is 71.3 Å². The van der Waals surface area contributed by atoms with Gasteiger partial charge in [-0.15, -0.1) is 0 Å². The van der Waals surface area contributed by atoms with E-state index in [4.69, 9.17) is 47.4 Å². The van der Waals surface area contributed by atoms with E-state index in [1.807, 2.05) is 0 Å². The molecule has 3 rings (SSSR count). The van der Waals surface area contributed by atoms with E-state index in [2.05, 4.69) is 10.6 Å². The molecule has 2 heterocycles. The zero-order chi connectivity index (χ0) is 40.1. The molecule has 1 atom stereocenters. The summed E-state index contributed by atoms with van der Waals surface area (Å²) in [7, 11) is 1.64. The number of ether oxygens (including phenoxy) is 10. The molecule has 1 aromatic rings. The monoisotopic (exact) mass is 797 g/mol. The average Bonchev–Trinajstić information content (AvgIpc) is 3.44. The highest BCUT2D eigenvalue weighted by atomic mass is 16.6. The molecule has 2 aliphatic heterocycles. The van der Waals surface area contributed by atoms with Crippen molar-refractivity contribution in [2.24, 2.45) is 0 Å². The van der Waals surface area contributed by atoms with Crippen LogP contribution in [0.25, 0.3) is 0 Å². The van der Waals surface area contributed by atoms with Crippen LogP contribution in [0.5, 0.6) is 0 Å². The van der Waals surface area contributed by atoms with Gasteiger partial charge in [-0.2, -0.15) is 0 Å². The molecule has 2 N–H and O–H groups in total. The molecular formula is C38H59N3O15. The Balaban J connectivity index is 1.03. The molecule has 0 spiro atoms. The summed E-state index contributed by atoms with van der Waals surface area (Å²) in [6, 6.07) is 3.53. The van der Waals surface area contributed by atoms with Gasteiger partial charge in [-0.3, -0.25) is 34.2 Å². The summed E-state index contributed by atoms with van der Waals surface area (Å²) in [5.41, 5.74) is 0.383. The molecule has 5 amide bonds. The molecule has 0 bridgehead atoms. The summed E-state index contributed by atoms with van der Waals surface area (Å²) < 4.78 is 54.1. The maximum Gasteiger partial charge on any atom is 0.264 e. The van der Waals surface area contributed by atoms with Crippen molar-refractivity contribution in [1.82, 2.24) is 10.2 Å². The van der Waals surface area contributed by atoms with Gasteiger partial charge < -0.3 is 52.7 Å². The lowest BCUT2D eigenvalue weighted by Crippen LogP contribution is -2.54. The lowest BCUT2D eigenvalue weighted by molar-refractivity contribution is -0.136. The molecular weight excluding hydrogens is 738 g/mol. The van der Waals surface area contributed by atoms with Gasteiger partial charge in [0.2, 0.25) is 17.7 Å². The molecule has 0 saturated carbocycles. The predicted molar refractivity (Wildman–Crippen MR) is 199 cm³/mol. The number of anilines is 1. The SMILES string of the molecule is COCCOCCOCCOCCOCCOCCOCCOCCOCCOCCCCCC(=O)Nc1cccc2c1C(=O)N(C1CCC(=O)NC1=O)C2=O. The molecule has 316 valence electrons. The first kappa shape index (κ1) is 46.9. The molecule has 2 aliphatic rings. The van der Waals surface area contributed by atoms with E-state index < -0.39 is 29.7 Å². The van der Waals surface area contributed by atoms with Gasteiger partial charge in [-0.1, -0.05) is 12.5 Å². The Morgan fingerprint density at radius 3 is 1.55 bits per heavy atom. The third-order valence-corrected chi connectivity index (χ3v) is 8.34. The Morgan fingerprint density at radius 2 is 1.09 bits per heavy atom. The molecule has 0 aromatic heterocycles. The Hall–Kier alpha value is -3.43. The Labute approximate surface area is 328 Å². The van der Waals surface area contributed by atoms with Gasteiger partial charge in [-0.05, 0) is 31.4 Å². The molecule has 56 heavy (non-hydrogen) atoms. The highest BCUT2D eigenvalue weighted by Crippen LogP contribution is 2.32. The number of unbranched alkanes of at least 4 members (excludes halogenated alkanes) is 2. The van der Waals surface area contributed by atoms with Crippen molar-refractivity contribution in [3.05, 3.63) is 29.3 Å². The number of piperidine rings is 1. The summed E-state index contributed by atoms with van der Waals surface area (Å²) in [6.45, 7) is 9.42. The molecule has 1 saturated heterocycles. The van der Waals surface area contributed by atoms with Crippen LogP contribution < -0.4 is 10.6 Å². The van der Waals surface area contributed by atoms with Gasteiger partial charge in [0.25, 0.3) is 11.8 Å². The maximum absolute atomic E-state index is 13.2. The standard InChI is InChI=1S/C38H59N3O15/c1-47-12-13-49-16-17-51-20-21-53-24-25-55-28-29-56-27-26-54-23-22-52-19-18-50-15-14-48-11-4-2-3-8-33(42)39-31-7-5-6-30-35(31)38(46)41(37(30)45)32-9-10-34(43)40-36(32)44/h5-7,32H,2-4,8-29H2,1H3,(H,39,42)(H,40,43,44). The van der Waals surface area contributed by atoms with Gasteiger partial charge in [0, 0.05) is 26.6 Å². The summed E-state index contributed by atoms with van der Waals surface area (Å²) in [5.74, 6) is -2.71.